The van der Waals surface area contributed by atoms with Gasteiger partial charge in [0.05, 0.1) is 22.7 Å². The lowest BCUT2D eigenvalue weighted by Gasteiger charge is -2.34. The second-order valence-corrected chi connectivity index (χ2v) is 14.2. The fourth-order valence-electron chi connectivity index (χ4n) is 5.81. The zero-order valence-corrected chi connectivity index (χ0v) is 28.3. The SMILES string of the molecule is COc1cccc(CN(C(=O)CN(c2ccc(Cl)cc2Cl)S(=O)(=O)c2ccccc2)[C@H](Cc2ccccc2)C(=O)NC2CCCC2)c1. The Morgan fingerprint density at radius 2 is 1.53 bits per heavy atom. The topological polar surface area (TPSA) is 96.0 Å². The number of hydrogen-bond donors (Lipinski definition) is 1. The van der Waals surface area contributed by atoms with E-state index in [1.807, 2.05) is 36.4 Å². The number of nitrogens with one attached hydrogen (secondary N) is 1. The van der Waals surface area contributed by atoms with E-state index in [1.54, 1.807) is 43.5 Å². The largest absolute Gasteiger partial charge is 0.497 e. The Balaban J connectivity index is 1.59. The summed E-state index contributed by atoms with van der Waals surface area (Å²) in [5, 5.41) is 3.55. The van der Waals surface area contributed by atoms with Crippen LogP contribution in [-0.4, -0.2) is 50.9 Å². The highest BCUT2D eigenvalue weighted by atomic mass is 35.5. The quantitative estimate of drug-likeness (QED) is 0.164. The van der Waals surface area contributed by atoms with Crippen LogP contribution in [0, 0.1) is 0 Å². The maximum atomic E-state index is 14.7. The standard InChI is InChI=1S/C36H37Cl2N3O5S/c1-46-30-16-10-13-27(21-30)24-40(34(22-26-11-4-2-5-12-26)36(43)39-29-14-8-9-15-29)35(42)25-41(33-20-19-28(37)23-32(33)38)47(44,45)31-17-6-3-7-18-31/h2-7,10-13,16-21,23,29,34H,8-9,14-15,22,24-25H2,1H3,(H,39,43)/t34-/m1/s1. The van der Waals surface area contributed by atoms with Crippen LogP contribution in [0.2, 0.25) is 10.0 Å². The van der Waals surface area contributed by atoms with Crippen molar-refractivity contribution in [2.75, 3.05) is 18.0 Å². The number of benzene rings is 4. The van der Waals surface area contributed by atoms with E-state index in [4.69, 9.17) is 27.9 Å². The van der Waals surface area contributed by atoms with Gasteiger partial charge in [-0.2, -0.15) is 0 Å². The van der Waals surface area contributed by atoms with Crippen LogP contribution in [0.1, 0.15) is 36.8 Å². The predicted molar refractivity (Wildman–Crippen MR) is 185 cm³/mol. The summed E-state index contributed by atoms with van der Waals surface area (Å²) in [6.45, 7) is -0.594. The molecular formula is C36H37Cl2N3O5S. The van der Waals surface area contributed by atoms with Gasteiger partial charge in [-0.1, -0.05) is 96.7 Å². The lowest BCUT2D eigenvalue weighted by molar-refractivity contribution is -0.140. The van der Waals surface area contributed by atoms with Gasteiger partial charge in [0.2, 0.25) is 11.8 Å². The predicted octanol–water partition coefficient (Wildman–Crippen LogP) is 6.90. The molecule has 47 heavy (non-hydrogen) atoms. The molecule has 0 bridgehead atoms. The van der Waals surface area contributed by atoms with Crippen LogP contribution in [0.25, 0.3) is 0 Å². The average molecular weight is 695 g/mol. The molecule has 4 aromatic carbocycles. The van der Waals surface area contributed by atoms with Gasteiger partial charge in [-0.15, -0.1) is 0 Å². The molecule has 1 aliphatic carbocycles. The molecule has 0 spiro atoms. The van der Waals surface area contributed by atoms with Gasteiger partial charge in [0.25, 0.3) is 10.0 Å². The van der Waals surface area contributed by atoms with Gasteiger partial charge in [0.15, 0.2) is 0 Å². The van der Waals surface area contributed by atoms with Crippen LogP contribution in [0.5, 0.6) is 5.75 Å². The highest BCUT2D eigenvalue weighted by Crippen LogP contribution is 2.33. The molecule has 0 saturated heterocycles. The first-order valence-corrected chi connectivity index (χ1v) is 17.6. The van der Waals surface area contributed by atoms with Crippen molar-refractivity contribution in [2.24, 2.45) is 0 Å². The van der Waals surface area contributed by atoms with Crippen molar-refractivity contribution in [3.63, 3.8) is 0 Å². The van der Waals surface area contributed by atoms with E-state index in [9.17, 15) is 18.0 Å². The zero-order chi connectivity index (χ0) is 33.4. The molecule has 11 heteroatoms. The smallest absolute Gasteiger partial charge is 0.264 e. The van der Waals surface area contributed by atoms with Gasteiger partial charge < -0.3 is 15.0 Å². The van der Waals surface area contributed by atoms with Crippen LogP contribution in [-0.2, 0) is 32.6 Å². The molecular weight excluding hydrogens is 657 g/mol. The number of halogens is 2. The second-order valence-electron chi connectivity index (χ2n) is 11.5. The van der Waals surface area contributed by atoms with Crippen molar-refractivity contribution >= 4 is 50.7 Å². The number of carbonyl (C=O) groups is 2. The Morgan fingerprint density at radius 1 is 0.872 bits per heavy atom. The first-order chi connectivity index (χ1) is 22.7. The molecule has 4 aromatic rings. The minimum atomic E-state index is -4.29. The van der Waals surface area contributed by atoms with Crippen molar-refractivity contribution < 1.29 is 22.7 Å². The molecule has 8 nitrogen and oxygen atoms in total. The Kier molecular flexibility index (Phi) is 11.4. The highest BCUT2D eigenvalue weighted by molar-refractivity contribution is 7.92. The Hall–Kier alpha value is -4.05. The number of ether oxygens (including phenoxy) is 1. The maximum Gasteiger partial charge on any atom is 0.264 e. The maximum absolute atomic E-state index is 14.7. The molecule has 0 aromatic heterocycles. The van der Waals surface area contributed by atoms with Crippen molar-refractivity contribution in [2.45, 2.75) is 55.6 Å². The Labute approximate surface area is 286 Å². The molecule has 2 amide bonds. The molecule has 0 aliphatic heterocycles. The number of hydrogen-bond acceptors (Lipinski definition) is 5. The molecule has 246 valence electrons. The van der Waals surface area contributed by atoms with E-state index in [2.05, 4.69) is 5.32 Å². The summed E-state index contributed by atoms with van der Waals surface area (Å²) in [6, 6.07) is 28.0. The van der Waals surface area contributed by atoms with Crippen LogP contribution in [0.4, 0.5) is 5.69 Å². The molecule has 1 atom stereocenters. The van der Waals surface area contributed by atoms with E-state index >= 15 is 0 Å². The van der Waals surface area contributed by atoms with Gasteiger partial charge in [-0.25, -0.2) is 8.42 Å². The molecule has 1 aliphatic rings. The highest BCUT2D eigenvalue weighted by Gasteiger charge is 2.36. The van der Waals surface area contributed by atoms with E-state index in [0.29, 0.717) is 16.3 Å². The number of carbonyl (C=O) groups excluding carboxylic acids is 2. The number of methoxy groups -OCH3 is 1. The third-order valence-electron chi connectivity index (χ3n) is 8.25. The minimum Gasteiger partial charge on any atom is -0.497 e. The number of rotatable bonds is 13. The van der Waals surface area contributed by atoms with E-state index in [0.717, 1.165) is 35.6 Å². The summed E-state index contributed by atoms with van der Waals surface area (Å²) in [7, 11) is -2.73. The molecule has 0 unspecified atom stereocenters. The van der Waals surface area contributed by atoms with Crippen molar-refractivity contribution in [3.05, 3.63) is 124 Å². The summed E-state index contributed by atoms with van der Waals surface area (Å²) in [4.78, 5) is 30.2. The monoisotopic (exact) mass is 693 g/mol. The number of sulfonamides is 1. The fraction of sp³-hybridized carbons (Fsp3) is 0.278. The van der Waals surface area contributed by atoms with Crippen LogP contribution >= 0.6 is 23.2 Å². The van der Waals surface area contributed by atoms with Crippen LogP contribution < -0.4 is 14.4 Å². The van der Waals surface area contributed by atoms with Crippen molar-refractivity contribution in [3.8, 4) is 5.75 Å². The zero-order valence-electron chi connectivity index (χ0n) is 26.0. The summed E-state index contributed by atoms with van der Waals surface area (Å²) in [5.41, 5.74) is 1.66. The molecule has 1 fully saturated rings. The Bertz CT molecular complexity index is 1790. The van der Waals surface area contributed by atoms with Crippen molar-refractivity contribution in [1.82, 2.24) is 10.2 Å². The van der Waals surface area contributed by atoms with Crippen LogP contribution in [0.15, 0.2) is 108 Å². The number of nitrogens with zero attached hydrogens (tertiary/aromatic N) is 2. The molecule has 1 N–H and O–H groups in total. The van der Waals surface area contributed by atoms with Gasteiger partial charge in [0, 0.05) is 24.0 Å². The van der Waals surface area contributed by atoms with Crippen LogP contribution in [0.3, 0.4) is 0 Å². The first kappa shape index (κ1) is 34.3. The fourth-order valence-corrected chi connectivity index (χ4v) is 7.82. The number of amides is 2. The third-order valence-corrected chi connectivity index (χ3v) is 10.6. The Morgan fingerprint density at radius 3 is 2.19 bits per heavy atom. The summed E-state index contributed by atoms with van der Waals surface area (Å²) in [5.74, 6) is -0.286. The molecule has 0 radical (unpaired) electrons. The summed E-state index contributed by atoms with van der Waals surface area (Å²) >= 11 is 12.7. The van der Waals surface area contributed by atoms with E-state index < -0.39 is 28.5 Å². The lowest BCUT2D eigenvalue weighted by Crippen LogP contribution is -2.54. The van der Waals surface area contributed by atoms with Gasteiger partial charge in [-0.3, -0.25) is 13.9 Å². The average Bonchev–Trinajstić information content (AvgIpc) is 3.59. The lowest BCUT2D eigenvalue weighted by atomic mass is 10.0. The summed E-state index contributed by atoms with van der Waals surface area (Å²) < 4.78 is 34.7. The van der Waals surface area contributed by atoms with E-state index in [1.165, 1.54) is 35.2 Å². The van der Waals surface area contributed by atoms with Crippen molar-refractivity contribution in [1.29, 1.82) is 0 Å². The van der Waals surface area contributed by atoms with Gasteiger partial charge >= 0.3 is 0 Å². The van der Waals surface area contributed by atoms with Gasteiger partial charge in [0.1, 0.15) is 18.3 Å². The molecule has 5 rings (SSSR count). The summed E-state index contributed by atoms with van der Waals surface area (Å²) in [6.07, 6.45) is 4.00. The van der Waals surface area contributed by atoms with E-state index in [-0.39, 0.29) is 40.5 Å². The van der Waals surface area contributed by atoms with Gasteiger partial charge in [-0.05, 0) is 66.4 Å². The third kappa shape index (κ3) is 8.66. The first-order valence-electron chi connectivity index (χ1n) is 15.5. The minimum absolute atomic E-state index is 0.0115. The normalized spacial score (nSPS) is 13.9. The molecule has 0 heterocycles. The number of anilines is 1. The molecule has 1 saturated carbocycles. The second kappa shape index (κ2) is 15.7.